The van der Waals surface area contributed by atoms with E-state index in [2.05, 4.69) is 20.4 Å². The molecule has 0 saturated carbocycles. The fourth-order valence-electron chi connectivity index (χ4n) is 2.54. The number of aliphatic hydroxyl groups excluding tert-OH is 1. The van der Waals surface area contributed by atoms with Crippen molar-refractivity contribution in [2.45, 2.75) is 32.4 Å². The van der Waals surface area contributed by atoms with Crippen molar-refractivity contribution >= 4 is 29.9 Å². The summed E-state index contributed by atoms with van der Waals surface area (Å²) in [5.74, 6) is 0.288. The van der Waals surface area contributed by atoms with E-state index < -0.39 is 24.5 Å². The Bertz CT molecular complexity index is 832. The van der Waals surface area contributed by atoms with Crippen molar-refractivity contribution < 1.29 is 31.8 Å². The van der Waals surface area contributed by atoms with Crippen molar-refractivity contribution in [1.82, 2.24) is 10.6 Å². The standard InChI is InChI=1S/C20H22F5N3O2.HI/c1-2-26-19(27-11-13-4-3-5-15(10-13)20(23,24)25)28-12-17(29)14-6-8-16(9-7-14)30-18(21)22;/h3-10,17-18,29H,2,11-12H2,1H3,(H2,26,27,28);1H. The van der Waals surface area contributed by atoms with Gasteiger partial charge in [0.05, 0.1) is 18.2 Å². The Hall–Kier alpha value is -2.15. The van der Waals surface area contributed by atoms with E-state index in [1.54, 1.807) is 6.07 Å². The Morgan fingerprint density at radius 3 is 2.35 bits per heavy atom. The van der Waals surface area contributed by atoms with Gasteiger partial charge in [-0.1, -0.05) is 24.3 Å². The lowest BCUT2D eigenvalue weighted by Gasteiger charge is -2.16. The van der Waals surface area contributed by atoms with Crippen LogP contribution in [0.5, 0.6) is 5.75 Å². The molecule has 0 spiro atoms. The average molecular weight is 559 g/mol. The molecular weight excluding hydrogens is 536 g/mol. The van der Waals surface area contributed by atoms with Gasteiger partial charge < -0.3 is 20.5 Å². The molecule has 0 aliphatic carbocycles. The monoisotopic (exact) mass is 559 g/mol. The van der Waals surface area contributed by atoms with Gasteiger partial charge in [-0.05, 0) is 42.3 Å². The van der Waals surface area contributed by atoms with E-state index in [1.165, 1.54) is 30.3 Å². The molecule has 0 fully saturated rings. The second-order valence-electron chi connectivity index (χ2n) is 6.24. The van der Waals surface area contributed by atoms with Gasteiger partial charge in [0.1, 0.15) is 5.75 Å². The molecule has 1 atom stereocenters. The van der Waals surface area contributed by atoms with Crippen LogP contribution in [0.3, 0.4) is 0 Å². The SMILES string of the molecule is CCNC(=NCc1cccc(C(F)(F)F)c1)NCC(O)c1ccc(OC(F)F)cc1.I. The Balaban J connectivity index is 0.00000480. The van der Waals surface area contributed by atoms with Crippen LogP contribution >= 0.6 is 24.0 Å². The van der Waals surface area contributed by atoms with Crippen LogP contribution in [-0.2, 0) is 12.7 Å². The van der Waals surface area contributed by atoms with Crippen molar-refractivity contribution in [2.75, 3.05) is 13.1 Å². The van der Waals surface area contributed by atoms with E-state index in [1.807, 2.05) is 6.92 Å². The molecule has 3 N–H and O–H groups in total. The van der Waals surface area contributed by atoms with Gasteiger partial charge in [0.25, 0.3) is 0 Å². The van der Waals surface area contributed by atoms with Crippen LogP contribution in [0.15, 0.2) is 53.5 Å². The normalized spacial score (nSPS) is 12.8. The van der Waals surface area contributed by atoms with Gasteiger partial charge >= 0.3 is 12.8 Å². The number of aliphatic imine (C=N–C) groups is 1. The van der Waals surface area contributed by atoms with E-state index in [4.69, 9.17) is 0 Å². The van der Waals surface area contributed by atoms with Gasteiger partial charge in [0.15, 0.2) is 5.96 Å². The molecule has 0 amide bonds. The highest BCUT2D eigenvalue weighted by atomic mass is 127. The number of rotatable bonds is 8. The maximum absolute atomic E-state index is 12.8. The molecule has 0 radical (unpaired) electrons. The predicted octanol–water partition coefficient (Wildman–Crippen LogP) is 4.71. The van der Waals surface area contributed by atoms with Crippen molar-refractivity contribution in [3.05, 3.63) is 65.2 Å². The minimum atomic E-state index is -4.43. The third kappa shape index (κ3) is 9.25. The van der Waals surface area contributed by atoms with Crippen LogP contribution in [-0.4, -0.2) is 30.8 Å². The van der Waals surface area contributed by atoms with Crippen molar-refractivity contribution in [3.8, 4) is 5.75 Å². The fraction of sp³-hybridized carbons (Fsp3) is 0.350. The number of ether oxygens (including phenoxy) is 1. The van der Waals surface area contributed by atoms with Gasteiger partial charge in [-0.2, -0.15) is 22.0 Å². The number of halogens is 6. The van der Waals surface area contributed by atoms with Gasteiger partial charge in [-0.3, -0.25) is 0 Å². The molecule has 0 bridgehead atoms. The fourth-order valence-corrected chi connectivity index (χ4v) is 2.54. The third-order valence-corrected chi connectivity index (χ3v) is 3.97. The van der Waals surface area contributed by atoms with Gasteiger partial charge in [0, 0.05) is 13.1 Å². The largest absolute Gasteiger partial charge is 0.435 e. The Morgan fingerprint density at radius 2 is 1.77 bits per heavy atom. The van der Waals surface area contributed by atoms with E-state index in [0.29, 0.717) is 23.6 Å². The highest BCUT2D eigenvalue weighted by Crippen LogP contribution is 2.29. The van der Waals surface area contributed by atoms with E-state index in [-0.39, 0.29) is 42.8 Å². The van der Waals surface area contributed by atoms with Gasteiger partial charge in [-0.25, -0.2) is 4.99 Å². The Kier molecular flexibility index (Phi) is 11.0. The zero-order valence-corrected chi connectivity index (χ0v) is 18.8. The number of benzene rings is 2. The second kappa shape index (κ2) is 12.6. The first-order chi connectivity index (χ1) is 14.2. The quantitative estimate of drug-likeness (QED) is 0.190. The third-order valence-electron chi connectivity index (χ3n) is 3.97. The number of hydrogen-bond donors (Lipinski definition) is 3. The number of hydrogen-bond acceptors (Lipinski definition) is 3. The number of alkyl halides is 5. The molecule has 11 heteroatoms. The summed E-state index contributed by atoms with van der Waals surface area (Å²) >= 11 is 0. The first-order valence-electron chi connectivity index (χ1n) is 9.10. The highest BCUT2D eigenvalue weighted by molar-refractivity contribution is 14.0. The van der Waals surface area contributed by atoms with E-state index >= 15 is 0 Å². The van der Waals surface area contributed by atoms with Crippen molar-refractivity contribution in [3.63, 3.8) is 0 Å². The molecule has 2 aromatic rings. The zero-order chi connectivity index (χ0) is 22.1. The molecule has 0 aliphatic rings. The summed E-state index contributed by atoms with van der Waals surface area (Å²) in [6, 6.07) is 10.4. The predicted molar refractivity (Wildman–Crippen MR) is 118 cm³/mol. The minimum Gasteiger partial charge on any atom is -0.435 e. The van der Waals surface area contributed by atoms with E-state index in [0.717, 1.165) is 12.1 Å². The van der Waals surface area contributed by atoms with Crippen LogP contribution in [0.25, 0.3) is 0 Å². The van der Waals surface area contributed by atoms with Crippen molar-refractivity contribution in [2.24, 2.45) is 4.99 Å². The molecule has 31 heavy (non-hydrogen) atoms. The summed E-state index contributed by atoms with van der Waals surface area (Å²) in [7, 11) is 0. The summed E-state index contributed by atoms with van der Waals surface area (Å²) in [4.78, 5) is 4.23. The molecule has 0 heterocycles. The second-order valence-corrected chi connectivity index (χ2v) is 6.24. The molecule has 172 valence electrons. The highest BCUT2D eigenvalue weighted by Gasteiger charge is 2.30. The van der Waals surface area contributed by atoms with Crippen LogP contribution in [0.4, 0.5) is 22.0 Å². The molecule has 0 aliphatic heterocycles. The van der Waals surface area contributed by atoms with Gasteiger partial charge in [-0.15, -0.1) is 24.0 Å². The lowest BCUT2D eigenvalue weighted by atomic mass is 10.1. The number of nitrogens with one attached hydrogen (secondary N) is 2. The Morgan fingerprint density at radius 1 is 1.10 bits per heavy atom. The summed E-state index contributed by atoms with van der Waals surface area (Å²) in [5.41, 5.74) is 0.109. The molecule has 1 unspecified atom stereocenters. The Labute approximate surface area is 193 Å². The summed E-state index contributed by atoms with van der Waals surface area (Å²) in [5, 5.41) is 16.1. The maximum atomic E-state index is 12.8. The number of guanidine groups is 1. The van der Waals surface area contributed by atoms with Crippen LogP contribution in [0, 0.1) is 0 Å². The topological polar surface area (TPSA) is 65.9 Å². The maximum Gasteiger partial charge on any atom is 0.416 e. The zero-order valence-electron chi connectivity index (χ0n) is 16.5. The molecule has 2 aromatic carbocycles. The first-order valence-corrected chi connectivity index (χ1v) is 9.10. The summed E-state index contributed by atoms with van der Waals surface area (Å²) in [6.07, 6.45) is -5.40. The lowest BCUT2D eigenvalue weighted by Crippen LogP contribution is -2.39. The summed E-state index contributed by atoms with van der Waals surface area (Å²) < 4.78 is 67.0. The van der Waals surface area contributed by atoms with Crippen molar-refractivity contribution in [1.29, 1.82) is 0 Å². The average Bonchev–Trinajstić information content (AvgIpc) is 2.69. The molecule has 0 saturated heterocycles. The number of nitrogens with zero attached hydrogens (tertiary/aromatic N) is 1. The molecule has 0 aromatic heterocycles. The van der Waals surface area contributed by atoms with E-state index in [9.17, 15) is 27.1 Å². The van der Waals surface area contributed by atoms with Gasteiger partial charge in [0.2, 0.25) is 0 Å². The number of aliphatic hydroxyl groups is 1. The molecule has 2 rings (SSSR count). The van der Waals surface area contributed by atoms with Crippen LogP contribution in [0.1, 0.15) is 29.7 Å². The smallest absolute Gasteiger partial charge is 0.416 e. The molecule has 5 nitrogen and oxygen atoms in total. The lowest BCUT2D eigenvalue weighted by molar-refractivity contribution is -0.137. The minimum absolute atomic E-state index is 0. The first kappa shape index (κ1) is 26.9. The van der Waals surface area contributed by atoms with Crippen LogP contribution < -0.4 is 15.4 Å². The molecular formula is C20H23F5IN3O2. The van der Waals surface area contributed by atoms with Crippen LogP contribution in [0.2, 0.25) is 0 Å². The summed E-state index contributed by atoms with van der Waals surface area (Å²) in [6.45, 7) is -0.555.